The van der Waals surface area contributed by atoms with Crippen molar-refractivity contribution >= 4 is 15.9 Å². The number of hydrogen-bond acceptors (Lipinski definition) is 3. The van der Waals surface area contributed by atoms with Gasteiger partial charge in [-0.2, -0.15) is 0 Å². The highest BCUT2D eigenvalue weighted by molar-refractivity contribution is 9.10. The summed E-state index contributed by atoms with van der Waals surface area (Å²) < 4.78 is 11.4. The van der Waals surface area contributed by atoms with E-state index in [-0.39, 0.29) is 0 Å². The Morgan fingerprint density at radius 3 is 2.82 bits per heavy atom. The molecule has 0 aliphatic heterocycles. The molecule has 0 saturated carbocycles. The molecule has 4 heteroatoms. The molecule has 1 aromatic carbocycles. The minimum Gasteiger partial charge on any atom is -0.494 e. The predicted molar refractivity (Wildman–Crippen MR) is 68.1 cm³/mol. The van der Waals surface area contributed by atoms with E-state index in [1.807, 2.05) is 25.1 Å². The SMILES string of the molecule is CCOc1ccc(C(O)c2ccco2)c(Br)c1. The summed E-state index contributed by atoms with van der Waals surface area (Å²) in [5, 5.41) is 10.1. The first kappa shape index (κ1) is 12.2. The van der Waals surface area contributed by atoms with E-state index in [4.69, 9.17) is 9.15 Å². The number of aliphatic hydroxyl groups is 1. The third kappa shape index (κ3) is 2.70. The molecule has 1 unspecified atom stereocenters. The highest BCUT2D eigenvalue weighted by Crippen LogP contribution is 2.31. The topological polar surface area (TPSA) is 42.6 Å². The largest absolute Gasteiger partial charge is 0.494 e. The van der Waals surface area contributed by atoms with Gasteiger partial charge in [0.25, 0.3) is 0 Å². The van der Waals surface area contributed by atoms with Gasteiger partial charge in [0.2, 0.25) is 0 Å². The molecular formula is C13H13BrO3. The lowest BCUT2D eigenvalue weighted by Crippen LogP contribution is -2.00. The molecule has 2 aromatic rings. The summed E-state index contributed by atoms with van der Waals surface area (Å²) in [6.45, 7) is 2.55. The van der Waals surface area contributed by atoms with Crippen LogP contribution in [0.2, 0.25) is 0 Å². The van der Waals surface area contributed by atoms with Crippen LogP contribution in [-0.2, 0) is 0 Å². The Morgan fingerprint density at radius 1 is 1.41 bits per heavy atom. The van der Waals surface area contributed by atoms with Gasteiger partial charge in [-0.05, 0) is 31.2 Å². The lowest BCUT2D eigenvalue weighted by molar-refractivity contribution is 0.188. The Bertz CT molecular complexity index is 479. The number of hydrogen-bond donors (Lipinski definition) is 1. The van der Waals surface area contributed by atoms with Crippen molar-refractivity contribution in [2.45, 2.75) is 13.0 Å². The van der Waals surface area contributed by atoms with Crippen molar-refractivity contribution in [1.29, 1.82) is 0 Å². The molecule has 1 atom stereocenters. The van der Waals surface area contributed by atoms with E-state index in [0.29, 0.717) is 12.4 Å². The molecule has 0 aliphatic carbocycles. The average molecular weight is 297 g/mol. The van der Waals surface area contributed by atoms with Crippen molar-refractivity contribution in [3.63, 3.8) is 0 Å². The first-order valence-corrected chi connectivity index (χ1v) is 6.15. The smallest absolute Gasteiger partial charge is 0.138 e. The Morgan fingerprint density at radius 2 is 2.24 bits per heavy atom. The molecule has 0 radical (unpaired) electrons. The molecule has 0 amide bonds. The third-order valence-corrected chi connectivity index (χ3v) is 3.08. The van der Waals surface area contributed by atoms with Gasteiger partial charge in [-0.15, -0.1) is 0 Å². The zero-order valence-corrected chi connectivity index (χ0v) is 11.0. The van der Waals surface area contributed by atoms with E-state index in [2.05, 4.69) is 15.9 Å². The average Bonchev–Trinajstić information content (AvgIpc) is 2.82. The summed E-state index contributed by atoms with van der Waals surface area (Å²) in [6.07, 6.45) is 0.774. The van der Waals surface area contributed by atoms with Crippen LogP contribution in [0.3, 0.4) is 0 Å². The minimum atomic E-state index is -0.768. The molecule has 17 heavy (non-hydrogen) atoms. The molecule has 3 nitrogen and oxygen atoms in total. The van der Waals surface area contributed by atoms with Crippen LogP contribution in [-0.4, -0.2) is 11.7 Å². The monoisotopic (exact) mass is 296 g/mol. The predicted octanol–water partition coefficient (Wildman–Crippen LogP) is 3.52. The zero-order valence-electron chi connectivity index (χ0n) is 9.39. The van der Waals surface area contributed by atoms with Crippen molar-refractivity contribution < 1.29 is 14.3 Å². The molecule has 2 rings (SSSR count). The number of aliphatic hydroxyl groups excluding tert-OH is 1. The van der Waals surface area contributed by atoms with E-state index < -0.39 is 6.10 Å². The van der Waals surface area contributed by atoms with E-state index in [1.165, 1.54) is 0 Å². The van der Waals surface area contributed by atoms with E-state index >= 15 is 0 Å². The quantitative estimate of drug-likeness (QED) is 0.939. The molecule has 1 aromatic heterocycles. The van der Waals surface area contributed by atoms with Gasteiger partial charge in [0.1, 0.15) is 17.6 Å². The molecule has 0 spiro atoms. The fourth-order valence-electron chi connectivity index (χ4n) is 1.59. The number of ether oxygens (including phenoxy) is 1. The first-order chi connectivity index (χ1) is 8.22. The molecule has 90 valence electrons. The Balaban J connectivity index is 2.27. The van der Waals surface area contributed by atoms with Gasteiger partial charge in [0.05, 0.1) is 12.9 Å². The second-order valence-electron chi connectivity index (χ2n) is 3.53. The molecule has 1 N–H and O–H groups in total. The summed E-state index contributed by atoms with van der Waals surface area (Å²) in [5.41, 5.74) is 0.753. The number of rotatable bonds is 4. The molecule has 0 bridgehead atoms. The molecule has 1 heterocycles. The Hall–Kier alpha value is -1.26. The van der Waals surface area contributed by atoms with Crippen LogP contribution >= 0.6 is 15.9 Å². The van der Waals surface area contributed by atoms with Crippen LogP contribution in [0.5, 0.6) is 5.75 Å². The maximum atomic E-state index is 10.1. The first-order valence-electron chi connectivity index (χ1n) is 5.36. The van der Waals surface area contributed by atoms with Gasteiger partial charge in [0.15, 0.2) is 0 Å². The van der Waals surface area contributed by atoms with Crippen LogP contribution in [0, 0.1) is 0 Å². The van der Waals surface area contributed by atoms with Crippen LogP contribution in [0.25, 0.3) is 0 Å². The summed E-state index contributed by atoms with van der Waals surface area (Å²) in [7, 11) is 0. The van der Waals surface area contributed by atoms with E-state index in [0.717, 1.165) is 15.8 Å². The maximum absolute atomic E-state index is 10.1. The van der Waals surface area contributed by atoms with Gasteiger partial charge in [0, 0.05) is 10.0 Å². The maximum Gasteiger partial charge on any atom is 0.138 e. The second-order valence-corrected chi connectivity index (χ2v) is 4.39. The van der Waals surface area contributed by atoms with Crippen LogP contribution in [0.1, 0.15) is 24.4 Å². The summed E-state index contributed by atoms with van der Waals surface area (Å²) in [4.78, 5) is 0. The van der Waals surface area contributed by atoms with Crippen LogP contribution < -0.4 is 4.74 Å². The normalized spacial score (nSPS) is 12.4. The van der Waals surface area contributed by atoms with Crippen LogP contribution in [0.15, 0.2) is 45.5 Å². The Labute approximate surface area is 108 Å². The molecule has 0 aliphatic rings. The van der Waals surface area contributed by atoms with E-state index in [9.17, 15) is 5.11 Å². The van der Waals surface area contributed by atoms with Gasteiger partial charge in [-0.3, -0.25) is 0 Å². The standard InChI is InChI=1S/C13H13BrO3/c1-2-16-9-5-6-10(11(14)8-9)13(15)12-4-3-7-17-12/h3-8,13,15H,2H2,1H3. The molecule has 0 fully saturated rings. The molecular weight excluding hydrogens is 284 g/mol. The zero-order chi connectivity index (χ0) is 12.3. The lowest BCUT2D eigenvalue weighted by Gasteiger charge is -2.12. The summed E-state index contributed by atoms with van der Waals surface area (Å²) in [5.74, 6) is 1.30. The number of halogens is 1. The lowest BCUT2D eigenvalue weighted by atomic mass is 10.1. The number of furan rings is 1. The highest BCUT2D eigenvalue weighted by Gasteiger charge is 2.16. The summed E-state index contributed by atoms with van der Waals surface area (Å²) >= 11 is 3.42. The number of benzene rings is 1. The van der Waals surface area contributed by atoms with Crippen molar-refractivity contribution in [2.24, 2.45) is 0 Å². The van der Waals surface area contributed by atoms with Gasteiger partial charge < -0.3 is 14.3 Å². The van der Waals surface area contributed by atoms with E-state index in [1.54, 1.807) is 18.4 Å². The van der Waals surface area contributed by atoms with Crippen molar-refractivity contribution in [2.75, 3.05) is 6.61 Å². The van der Waals surface area contributed by atoms with Crippen LogP contribution in [0.4, 0.5) is 0 Å². The fraction of sp³-hybridized carbons (Fsp3) is 0.231. The highest BCUT2D eigenvalue weighted by atomic mass is 79.9. The minimum absolute atomic E-state index is 0.523. The second kappa shape index (κ2) is 5.38. The fourth-order valence-corrected chi connectivity index (χ4v) is 2.16. The van der Waals surface area contributed by atoms with Crippen molar-refractivity contribution in [3.8, 4) is 5.75 Å². The van der Waals surface area contributed by atoms with Gasteiger partial charge >= 0.3 is 0 Å². The third-order valence-electron chi connectivity index (χ3n) is 2.39. The Kier molecular flexibility index (Phi) is 3.86. The van der Waals surface area contributed by atoms with Crippen molar-refractivity contribution in [3.05, 3.63) is 52.4 Å². The summed E-state index contributed by atoms with van der Waals surface area (Å²) in [6, 6.07) is 8.98. The van der Waals surface area contributed by atoms with Gasteiger partial charge in [-0.25, -0.2) is 0 Å². The van der Waals surface area contributed by atoms with Crippen molar-refractivity contribution in [1.82, 2.24) is 0 Å². The van der Waals surface area contributed by atoms with Gasteiger partial charge in [-0.1, -0.05) is 22.0 Å². The molecule has 0 saturated heterocycles.